The van der Waals surface area contributed by atoms with E-state index in [4.69, 9.17) is 22.0 Å². The molecule has 0 saturated heterocycles. The average Bonchev–Trinajstić information content (AvgIpc) is 2.16. The van der Waals surface area contributed by atoms with E-state index in [1.165, 1.54) is 18.0 Å². The maximum Gasteiger partial charge on any atom is 0.115 e. The van der Waals surface area contributed by atoms with Crippen LogP contribution in [0.25, 0.3) is 0 Å². The van der Waals surface area contributed by atoms with E-state index in [1.54, 1.807) is 6.07 Å². The van der Waals surface area contributed by atoms with Crippen LogP contribution in [0.15, 0.2) is 17.3 Å². The lowest BCUT2D eigenvalue weighted by atomic mass is 10.3. The van der Waals surface area contributed by atoms with Crippen LogP contribution in [0, 0.1) is 11.3 Å². The Balaban J connectivity index is 2.81. The number of thioether (sulfide) groups is 1. The van der Waals surface area contributed by atoms with Crippen LogP contribution in [-0.4, -0.2) is 22.5 Å². The lowest BCUT2D eigenvalue weighted by Gasteiger charge is -2.00. The van der Waals surface area contributed by atoms with E-state index in [2.05, 4.69) is 4.98 Å². The summed E-state index contributed by atoms with van der Waals surface area (Å²) < 4.78 is 0. The fourth-order valence-electron chi connectivity index (χ4n) is 0.735. The van der Waals surface area contributed by atoms with Crippen molar-refractivity contribution in [2.75, 3.05) is 12.4 Å². The van der Waals surface area contributed by atoms with Crippen LogP contribution >= 0.6 is 23.4 Å². The van der Waals surface area contributed by atoms with Crippen molar-refractivity contribution in [2.24, 2.45) is 0 Å². The molecule has 5 heteroatoms. The van der Waals surface area contributed by atoms with Crippen LogP contribution in [0.3, 0.4) is 0 Å². The Kier molecular flexibility index (Phi) is 4.03. The van der Waals surface area contributed by atoms with Crippen LogP contribution in [0.5, 0.6) is 0 Å². The van der Waals surface area contributed by atoms with Crippen LogP contribution in [-0.2, 0) is 0 Å². The minimum atomic E-state index is 0.0860. The first-order valence-corrected chi connectivity index (χ1v) is 4.93. The van der Waals surface area contributed by atoms with E-state index >= 15 is 0 Å². The largest absolute Gasteiger partial charge is 0.396 e. The second-order valence-electron chi connectivity index (χ2n) is 2.19. The van der Waals surface area contributed by atoms with E-state index in [1.807, 2.05) is 6.07 Å². The molecule has 0 aliphatic heterocycles. The van der Waals surface area contributed by atoms with Gasteiger partial charge in [0.15, 0.2) is 0 Å². The number of nitrogens with zero attached hydrogens (tertiary/aromatic N) is 2. The normalized spacial score (nSPS) is 9.62. The molecular weight excluding hydrogens is 208 g/mol. The number of halogens is 1. The highest BCUT2D eigenvalue weighted by atomic mass is 35.5. The first-order chi connectivity index (χ1) is 6.27. The second kappa shape index (κ2) is 5.07. The quantitative estimate of drug-likeness (QED) is 0.778. The Morgan fingerprint density at radius 1 is 1.69 bits per heavy atom. The first kappa shape index (κ1) is 10.3. The van der Waals surface area contributed by atoms with Crippen LogP contribution in [0.2, 0.25) is 5.02 Å². The summed E-state index contributed by atoms with van der Waals surface area (Å²) in [6.45, 7) is 0.0860. The molecule has 0 aliphatic rings. The average molecular weight is 215 g/mol. The van der Waals surface area contributed by atoms with E-state index in [9.17, 15) is 0 Å². The zero-order chi connectivity index (χ0) is 9.68. The third-order valence-corrected chi connectivity index (χ3v) is 2.65. The van der Waals surface area contributed by atoms with E-state index in [0.717, 1.165) is 0 Å². The van der Waals surface area contributed by atoms with Crippen LogP contribution in [0.1, 0.15) is 5.56 Å². The number of aliphatic hydroxyl groups is 1. The highest BCUT2D eigenvalue weighted by molar-refractivity contribution is 7.99. The van der Waals surface area contributed by atoms with Gasteiger partial charge in [0.1, 0.15) is 11.1 Å². The molecule has 13 heavy (non-hydrogen) atoms. The summed E-state index contributed by atoms with van der Waals surface area (Å²) in [5, 5.41) is 18.2. The minimum Gasteiger partial charge on any atom is -0.396 e. The molecule has 1 N–H and O–H groups in total. The van der Waals surface area contributed by atoms with Crippen molar-refractivity contribution < 1.29 is 5.11 Å². The molecule has 0 unspecified atom stereocenters. The number of pyridine rings is 1. The molecular formula is C8H7ClN2OS. The van der Waals surface area contributed by atoms with Gasteiger partial charge in [0.25, 0.3) is 0 Å². The summed E-state index contributed by atoms with van der Waals surface area (Å²) in [6, 6.07) is 3.51. The molecule has 0 aromatic carbocycles. The molecule has 3 nitrogen and oxygen atoms in total. The highest BCUT2D eigenvalue weighted by Crippen LogP contribution is 2.24. The lowest BCUT2D eigenvalue weighted by molar-refractivity contribution is 0.322. The van der Waals surface area contributed by atoms with Gasteiger partial charge in [0.2, 0.25) is 0 Å². The molecule has 1 rings (SSSR count). The SMILES string of the molecule is N#Cc1cnc(SCCO)c(Cl)c1. The van der Waals surface area contributed by atoms with Crippen LogP contribution in [0.4, 0.5) is 0 Å². The zero-order valence-corrected chi connectivity index (χ0v) is 8.27. The van der Waals surface area contributed by atoms with E-state index in [-0.39, 0.29) is 6.61 Å². The molecule has 0 saturated carbocycles. The van der Waals surface area contributed by atoms with Gasteiger partial charge in [-0.25, -0.2) is 4.98 Å². The number of nitriles is 1. The summed E-state index contributed by atoms with van der Waals surface area (Å²) in [6.07, 6.45) is 1.46. The van der Waals surface area contributed by atoms with Crippen LogP contribution < -0.4 is 0 Å². The smallest absolute Gasteiger partial charge is 0.115 e. The van der Waals surface area contributed by atoms with Gasteiger partial charge in [-0.3, -0.25) is 0 Å². The third-order valence-electron chi connectivity index (χ3n) is 1.27. The maximum atomic E-state index is 8.58. The highest BCUT2D eigenvalue weighted by Gasteiger charge is 2.03. The molecule has 1 aromatic heterocycles. The van der Waals surface area contributed by atoms with E-state index in [0.29, 0.717) is 21.4 Å². The molecule has 0 amide bonds. The summed E-state index contributed by atoms with van der Waals surface area (Å²) >= 11 is 7.19. The Morgan fingerprint density at radius 3 is 3.00 bits per heavy atom. The topological polar surface area (TPSA) is 56.9 Å². The minimum absolute atomic E-state index is 0.0860. The van der Waals surface area contributed by atoms with Crippen molar-refractivity contribution in [3.8, 4) is 6.07 Å². The van der Waals surface area contributed by atoms with Gasteiger partial charge >= 0.3 is 0 Å². The summed E-state index contributed by atoms with van der Waals surface area (Å²) in [5.74, 6) is 0.554. The molecule has 0 bridgehead atoms. The van der Waals surface area contributed by atoms with Gasteiger partial charge in [-0.1, -0.05) is 11.6 Å². The summed E-state index contributed by atoms with van der Waals surface area (Å²) in [7, 11) is 0. The first-order valence-electron chi connectivity index (χ1n) is 3.57. The van der Waals surface area contributed by atoms with Crippen molar-refractivity contribution in [2.45, 2.75) is 5.03 Å². The zero-order valence-electron chi connectivity index (χ0n) is 6.70. The molecule has 0 fully saturated rings. The molecule has 1 heterocycles. The van der Waals surface area contributed by atoms with Gasteiger partial charge in [0.05, 0.1) is 17.2 Å². The Hall–Kier alpha value is -0.760. The third kappa shape index (κ3) is 2.88. The van der Waals surface area contributed by atoms with E-state index < -0.39 is 0 Å². The van der Waals surface area contributed by atoms with Crippen molar-refractivity contribution in [1.82, 2.24) is 4.98 Å². The maximum absolute atomic E-state index is 8.58. The number of rotatable bonds is 3. The Morgan fingerprint density at radius 2 is 2.46 bits per heavy atom. The lowest BCUT2D eigenvalue weighted by Crippen LogP contribution is -1.89. The predicted molar refractivity (Wildman–Crippen MR) is 51.8 cm³/mol. The van der Waals surface area contributed by atoms with Gasteiger partial charge in [-0.2, -0.15) is 5.26 Å². The van der Waals surface area contributed by atoms with Crippen molar-refractivity contribution in [3.05, 3.63) is 22.8 Å². The Bertz CT molecular complexity index is 337. The fourth-order valence-corrected chi connectivity index (χ4v) is 1.67. The second-order valence-corrected chi connectivity index (χ2v) is 3.69. The van der Waals surface area contributed by atoms with Gasteiger partial charge < -0.3 is 5.11 Å². The molecule has 0 spiro atoms. The van der Waals surface area contributed by atoms with Crippen molar-refractivity contribution in [1.29, 1.82) is 5.26 Å². The number of aromatic nitrogens is 1. The number of hydrogen-bond donors (Lipinski definition) is 1. The molecule has 1 aromatic rings. The molecule has 0 aliphatic carbocycles. The van der Waals surface area contributed by atoms with Gasteiger partial charge in [0, 0.05) is 11.9 Å². The Labute approximate surface area is 85.4 Å². The summed E-state index contributed by atoms with van der Waals surface area (Å²) in [5.41, 5.74) is 0.443. The fraction of sp³-hybridized carbons (Fsp3) is 0.250. The summed E-state index contributed by atoms with van der Waals surface area (Å²) in [4.78, 5) is 3.98. The number of hydrogen-bond acceptors (Lipinski definition) is 4. The van der Waals surface area contributed by atoms with Gasteiger partial charge in [-0.15, -0.1) is 11.8 Å². The number of aliphatic hydroxyl groups excluding tert-OH is 1. The van der Waals surface area contributed by atoms with Gasteiger partial charge in [-0.05, 0) is 6.07 Å². The standard InChI is InChI=1S/C8H7ClN2OS/c9-7-3-6(4-10)5-11-8(7)13-2-1-12/h3,5,12H,1-2H2. The van der Waals surface area contributed by atoms with Crippen molar-refractivity contribution >= 4 is 23.4 Å². The molecule has 0 radical (unpaired) electrons. The molecule has 68 valence electrons. The molecule has 0 atom stereocenters. The monoisotopic (exact) mass is 214 g/mol. The van der Waals surface area contributed by atoms with Crippen molar-refractivity contribution in [3.63, 3.8) is 0 Å². The predicted octanol–water partition coefficient (Wildman–Crippen LogP) is 1.69.